The van der Waals surface area contributed by atoms with E-state index in [9.17, 15) is 0 Å². The quantitative estimate of drug-likeness (QED) is 0.436. The van der Waals surface area contributed by atoms with Crippen molar-refractivity contribution in [1.82, 2.24) is 0 Å². The molecule has 3 N–H and O–H groups in total. The Balaban J connectivity index is 2.12. The average molecular weight is 102 g/mol. The number of rotatable bonds is 0. The van der Waals surface area contributed by atoms with Gasteiger partial charge in [0.05, 0.1) is 6.61 Å². The molecule has 1 fully saturated rings. The van der Waals surface area contributed by atoms with Gasteiger partial charge in [0.25, 0.3) is 0 Å². The molecule has 0 unspecified atom stereocenters. The van der Waals surface area contributed by atoms with Crippen LogP contribution in [0.15, 0.2) is 0 Å². The van der Waals surface area contributed by atoms with E-state index in [-0.39, 0.29) is 0 Å². The molecule has 42 valence electrons. The zero-order valence-electron chi connectivity index (χ0n) is 4.52. The molecule has 0 aliphatic carbocycles. The van der Waals surface area contributed by atoms with Gasteiger partial charge in [-0.25, -0.2) is 0 Å². The summed E-state index contributed by atoms with van der Waals surface area (Å²) < 4.78 is 5.12. The molecule has 1 heterocycles. The maximum atomic E-state index is 5.12. The summed E-state index contributed by atoms with van der Waals surface area (Å²) in [6.07, 6.45) is 2.45. The highest BCUT2D eigenvalue weighted by Gasteiger charge is 2.09. The van der Waals surface area contributed by atoms with E-state index >= 15 is 0 Å². The lowest BCUT2D eigenvalue weighted by molar-refractivity contribution is -0.433. The van der Waals surface area contributed by atoms with Crippen molar-refractivity contribution in [3.8, 4) is 0 Å². The van der Waals surface area contributed by atoms with Gasteiger partial charge in [-0.2, -0.15) is 0 Å². The lowest BCUT2D eigenvalue weighted by Crippen LogP contribution is -2.64. The Morgan fingerprint density at radius 1 is 1.57 bits per heavy atom. The van der Waals surface area contributed by atoms with Crippen LogP contribution in [0.25, 0.3) is 0 Å². The topological polar surface area (TPSA) is 36.9 Å². The van der Waals surface area contributed by atoms with Crippen molar-refractivity contribution in [2.45, 2.75) is 18.9 Å². The number of quaternary nitrogens is 1. The Morgan fingerprint density at radius 3 is 2.71 bits per heavy atom. The van der Waals surface area contributed by atoms with Crippen LogP contribution in [0, 0.1) is 0 Å². The lowest BCUT2D eigenvalue weighted by Gasteiger charge is -2.13. The van der Waals surface area contributed by atoms with E-state index in [4.69, 9.17) is 4.74 Å². The summed E-state index contributed by atoms with van der Waals surface area (Å²) in [4.78, 5) is 0. The maximum absolute atomic E-state index is 5.12. The summed E-state index contributed by atoms with van der Waals surface area (Å²) in [5.41, 5.74) is 3.87. The minimum absolute atomic E-state index is 0.564. The molecule has 1 saturated heterocycles. The predicted molar refractivity (Wildman–Crippen MR) is 26.7 cm³/mol. The number of hydrogen-bond donors (Lipinski definition) is 1. The third-order valence-corrected chi connectivity index (χ3v) is 1.25. The van der Waals surface area contributed by atoms with Gasteiger partial charge in [-0.05, 0) is 6.42 Å². The van der Waals surface area contributed by atoms with Gasteiger partial charge >= 0.3 is 0 Å². The molecule has 0 aromatic heterocycles. The summed E-state index contributed by atoms with van der Waals surface area (Å²) in [5.74, 6) is 0. The molecule has 7 heavy (non-hydrogen) atoms. The van der Waals surface area contributed by atoms with E-state index in [1.165, 1.54) is 12.8 Å². The molecule has 0 aromatic carbocycles. The standard InChI is InChI=1S/C5H11NO/c6-5-2-1-3-7-4-5/h5H,1-4,6H2/p+1/t5-/m1/s1. The molecule has 0 amide bonds. The van der Waals surface area contributed by atoms with Crippen LogP contribution in [0.4, 0.5) is 0 Å². The predicted octanol–water partition coefficient (Wildman–Crippen LogP) is -0.593. The second-order valence-corrected chi connectivity index (χ2v) is 2.08. The summed E-state index contributed by atoms with van der Waals surface area (Å²) in [7, 11) is 0. The molecule has 0 bridgehead atoms. The van der Waals surface area contributed by atoms with Crippen LogP contribution in [-0.2, 0) is 4.74 Å². The van der Waals surface area contributed by atoms with Crippen molar-refractivity contribution in [2.24, 2.45) is 0 Å². The Kier molecular flexibility index (Phi) is 1.65. The van der Waals surface area contributed by atoms with E-state index in [2.05, 4.69) is 5.73 Å². The Labute approximate surface area is 43.6 Å². The van der Waals surface area contributed by atoms with Crippen molar-refractivity contribution < 1.29 is 10.5 Å². The summed E-state index contributed by atoms with van der Waals surface area (Å²) in [6.45, 7) is 1.83. The highest BCUT2D eigenvalue weighted by Crippen LogP contribution is 2.00. The SMILES string of the molecule is [NH3+][C@@H]1CCCOC1. The first-order chi connectivity index (χ1) is 3.39. The minimum Gasteiger partial charge on any atom is -0.375 e. The first kappa shape index (κ1) is 5.06. The lowest BCUT2D eigenvalue weighted by atomic mass is 10.1. The van der Waals surface area contributed by atoms with E-state index in [1.807, 2.05) is 0 Å². The number of ether oxygens (including phenoxy) is 1. The zero-order chi connectivity index (χ0) is 5.11. The van der Waals surface area contributed by atoms with E-state index in [0.717, 1.165) is 13.2 Å². The Hall–Kier alpha value is -0.0800. The smallest absolute Gasteiger partial charge is 0.108 e. The molecular weight excluding hydrogens is 90.1 g/mol. The van der Waals surface area contributed by atoms with Crippen molar-refractivity contribution >= 4 is 0 Å². The fourth-order valence-electron chi connectivity index (χ4n) is 0.807. The Morgan fingerprint density at radius 2 is 2.43 bits per heavy atom. The minimum atomic E-state index is 0.564. The van der Waals surface area contributed by atoms with Gasteiger partial charge in [-0.15, -0.1) is 0 Å². The summed E-state index contributed by atoms with van der Waals surface area (Å²) in [6, 6.07) is 0.564. The van der Waals surface area contributed by atoms with Crippen LogP contribution in [0.1, 0.15) is 12.8 Å². The fourth-order valence-corrected chi connectivity index (χ4v) is 0.807. The van der Waals surface area contributed by atoms with Gasteiger partial charge < -0.3 is 10.5 Å². The molecule has 1 rings (SSSR count). The van der Waals surface area contributed by atoms with E-state index in [0.29, 0.717) is 6.04 Å². The highest BCUT2D eigenvalue weighted by molar-refractivity contribution is 4.56. The fraction of sp³-hybridized carbons (Fsp3) is 1.00. The third kappa shape index (κ3) is 1.45. The zero-order valence-corrected chi connectivity index (χ0v) is 4.52. The molecule has 1 aliphatic rings. The normalized spacial score (nSPS) is 33.0. The van der Waals surface area contributed by atoms with Crippen LogP contribution in [0.2, 0.25) is 0 Å². The maximum Gasteiger partial charge on any atom is 0.108 e. The molecular formula is C5H12NO+. The van der Waals surface area contributed by atoms with Crippen LogP contribution < -0.4 is 5.73 Å². The molecule has 0 saturated carbocycles. The second kappa shape index (κ2) is 2.28. The van der Waals surface area contributed by atoms with Crippen molar-refractivity contribution in [3.63, 3.8) is 0 Å². The third-order valence-electron chi connectivity index (χ3n) is 1.25. The van der Waals surface area contributed by atoms with Gasteiger partial charge in [0.15, 0.2) is 0 Å². The van der Waals surface area contributed by atoms with E-state index < -0.39 is 0 Å². The first-order valence-corrected chi connectivity index (χ1v) is 2.80. The molecule has 1 aliphatic heterocycles. The monoisotopic (exact) mass is 102 g/mol. The van der Waals surface area contributed by atoms with Crippen molar-refractivity contribution in [3.05, 3.63) is 0 Å². The highest BCUT2D eigenvalue weighted by atomic mass is 16.5. The summed E-state index contributed by atoms with van der Waals surface area (Å²) in [5, 5.41) is 0. The molecule has 2 heteroatoms. The molecule has 1 atom stereocenters. The second-order valence-electron chi connectivity index (χ2n) is 2.08. The van der Waals surface area contributed by atoms with Crippen LogP contribution >= 0.6 is 0 Å². The van der Waals surface area contributed by atoms with Crippen LogP contribution in [0.3, 0.4) is 0 Å². The van der Waals surface area contributed by atoms with Gasteiger partial charge in [0.2, 0.25) is 0 Å². The van der Waals surface area contributed by atoms with Crippen molar-refractivity contribution in [2.75, 3.05) is 13.2 Å². The number of hydrogen-bond acceptors (Lipinski definition) is 1. The summed E-state index contributed by atoms with van der Waals surface area (Å²) >= 11 is 0. The van der Waals surface area contributed by atoms with Crippen molar-refractivity contribution in [1.29, 1.82) is 0 Å². The molecule has 2 nitrogen and oxygen atoms in total. The van der Waals surface area contributed by atoms with Crippen LogP contribution in [0.5, 0.6) is 0 Å². The van der Waals surface area contributed by atoms with Gasteiger partial charge in [-0.1, -0.05) is 0 Å². The molecule has 0 radical (unpaired) electrons. The molecule has 0 aromatic rings. The largest absolute Gasteiger partial charge is 0.375 e. The average Bonchev–Trinajstić information content (AvgIpc) is 1.69. The van der Waals surface area contributed by atoms with Gasteiger partial charge in [0.1, 0.15) is 6.04 Å². The van der Waals surface area contributed by atoms with E-state index in [1.54, 1.807) is 0 Å². The van der Waals surface area contributed by atoms with Gasteiger partial charge in [0, 0.05) is 13.0 Å². The van der Waals surface area contributed by atoms with Crippen LogP contribution in [-0.4, -0.2) is 19.3 Å². The first-order valence-electron chi connectivity index (χ1n) is 2.80. The molecule has 0 spiro atoms. The van der Waals surface area contributed by atoms with Gasteiger partial charge in [-0.3, -0.25) is 0 Å². The Bertz CT molecular complexity index is 50.0.